The van der Waals surface area contributed by atoms with E-state index in [0.29, 0.717) is 13.1 Å². The van der Waals surface area contributed by atoms with E-state index in [1.807, 2.05) is 36.5 Å². The normalized spacial score (nSPS) is 11.5. The van der Waals surface area contributed by atoms with E-state index >= 15 is 0 Å². The zero-order chi connectivity index (χ0) is 17.0. The second-order valence-corrected chi connectivity index (χ2v) is 5.19. The Morgan fingerprint density at radius 3 is 2.42 bits per heavy atom. The number of halogens is 3. The van der Waals surface area contributed by atoms with Gasteiger partial charge in [-0.25, -0.2) is 0 Å². The second-order valence-electron chi connectivity index (χ2n) is 5.19. The van der Waals surface area contributed by atoms with E-state index in [1.54, 1.807) is 10.9 Å². The molecule has 0 saturated carbocycles. The Bertz CT molecular complexity index is 781. The number of nitrogens with one attached hydrogen (secondary N) is 1. The van der Waals surface area contributed by atoms with Crippen molar-refractivity contribution >= 4 is 5.82 Å². The van der Waals surface area contributed by atoms with Gasteiger partial charge in [0.1, 0.15) is 5.82 Å². The van der Waals surface area contributed by atoms with Crippen molar-refractivity contribution in [3.8, 4) is 0 Å². The summed E-state index contributed by atoms with van der Waals surface area (Å²) in [5.41, 5.74) is 1.02. The lowest BCUT2D eigenvalue weighted by Gasteiger charge is -2.06. The summed E-state index contributed by atoms with van der Waals surface area (Å²) in [5, 5.41) is 13.9. The molecule has 0 aliphatic carbocycles. The SMILES string of the molecule is FC(F)(F)c1ccc(NCc2cnn(Cc3ccccc3)c2)nn1. The summed E-state index contributed by atoms with van der Waals surface area (Å²) in [6.07, 6.45) is -0.908. The molecule has 1 N–H and O–H groups in total. The zero-order valence-electron chi connectivity index (χ0n) is 12.5. The molecule has 124 valence electrons. The first-order valence-corrected chi connectivity index (χ1v) is 7.21. The molecule has 0 saturated heterocycles. The van der Waals surface area contributed by atoms with E-state index in [2.05, 4.69) is 20.6 Å². The van der Waals surface area contributed by atoms with Crippen LogP contribution in [0.3, 0.4) is 0 Å². The second kappa shape index (κ2) is 6.69. The van der Waals surface area contributed by atoms with Crippen LogP contribution in [-0.4, -0.2) is 20.0 Å². The van der Waals surface area contributed by atoms with Crippen LogP contribution in [-0.2, 0) is 19.3 Å². The number of anilines is 1. The number of rotatable bonds is 5. The summed E-state index contributed by atoms with van der Waals surface area (Å²) in [7, 11) is 0. The Kier molecular flexibility index (Phi) is 4.45. The highest BCUT2D eigenvalue weighted by atomic mass is 19.4. The molecule has 2 aromatic heterocycles. The number of nitrogens with zero attached hydrogens (tertiary/aromatic N) is 4. The minimum absolute atomic E-state index is 0.277. The summed E-state index contributed by atoms with van der Waals surface area (Å²) in [4.78, 5) is 0. The zero-order valence-corrected chi connectivity index (χ0v) is 12.5. The lowest BCUT2D eigenvalue weighted by atomic mass is 10.2. The molecule has 0 aliphatic heterocycles. The van der Waals surface area contributed by atoms with Crippen molar-refractivity contribution in [3.63, 3.8) is 0 Å². The molecule has 1 aromatic carbocycles. The van der Waals surface area contributed by atoms with Gasteiger partial charge >= 0.3 is 6.18 Å². The van der Waals surface area contributed by atoms with Crippen LogP contribution >= 0.6 is 0 Å². The molecule has 24 heavy (non-hydrogen) atoms. The minimum atomic E-state index is -4.48. The van der Waals surface area contributed by atoms with Crippen molar-refractivity contribution in [2.24, 2.45) is 0 Å². The summed E-state index contributed by atoms with van der Waals surface area (Å²) in [5.74, 6) is 0.277. The standard InChI is InChI=1S/C16H14F3N5/c17-16(18,19)14-6-7-15(23-22-14)20-8-13-9-21-24(11-13)10-12-4-2-1-3-5-12/h1-7,9,11H,8,10H2,(H,20,23). The van der Waals surface area contributed by atoms with Crippen LogP contribution in [0, 0.1) is 0 Å². The lowest BCUT2D eigenvalue weighted by molar-refractivity contribution is -0.141. The Labute approximate surface area is 136 Å². The molecule has 0 aliphatic rings. The Morgan fingerprint density at radius 1 is 0.958 bits per heavy atom. The van der Waals surface area contributed by atoms with E-state index in [9.17, 15) is 13.2 Å². The van der Waals surface area contributed by atoms with Crippen molar-refractivity contribution in [3.05, 3.63) is 71.7 Å². The summed E-state index contributed by atoms with van der Waals surface area (Å²) in [6.45, 7) is 1.05. The predicted octanol–water partition coefficient (Wildman–Crippen LogP) is 3.35. The molecule has 2 heterocycles. The quantitative estimate of drug-likeness (QED) is 0.778. The lowest BCUT2D eigenvalue weighted by Crippen LogP contribution is -2.10. The molecular weight excluding hydrogens is 319 g/mol. The van der Waals surface area contributed by atoms with Gasteiger partial charge in [-0.3, -0.25) is 4.68 Å². The topological polar surface area (TPSA) is 55.6 Å². The van der Waals surface area contributed by atoms with Crippen LogP contribution in [0.4, 0.5) is 19.0 Å². The minimum Gasteiger partial charge on any atom is -0.364 e. The Morgan fingerprint density at radius 2 is 1.75 bits per heavy atom. The molecule has 5 nitrogen and oxygen atoms in total. The van der Waals surface area contributed by atoms with E-state index in [-0.39, 0.29) is 5.82 Å². The number of aromatic nitrogens is 4. The van der Waals surface area contributed by atoms with Gasteiger partial charge in [0.25, 0.3) is 0 Å². The monoisotopic (exact) mass is 333 g/mol. The maximum Gasteiger partial charge on any atom is 0.435 e. The highest BCUT2D eigenvalue weighted by Gasteiger charge is 2.32. The molecule has 0 radical (unpaired) electrons. The molecular formula is C16H14F3N5. The highest BCUT2D eigenvalue weighted by Crippen LogP contribution is 2.27. The summed E-state index contributed by atoms with van der Waals surface area (Å²) < 4.78 is 39.1. The van der Waals surface area contributed by atoms with Crippen molar-refractivity contribution in [2.45, 2.75) is 19.3 Å². The third-order valence-electron chi connectivity index (χ3n) is 3.30. The fraction of sp³-hybridized carbons (Fsp3) is 0.188. The summed E-state index contributed by atoms with van der Waals surface area (Å²) >= 11 is 0. The molecule has 0 atom stereocenters. The van der Waals surface area contributed by atoms with Crippen LogP contribution in [0.1, 0.15) is 16.8 Å². The molecule has 0 amide bonds. The predicted molar refractivity (Wildman–Crippen MR) is 82.1 cm³/mol. The van der Waals surface area contributed by atoms with E-state index in [0.717, 1.165) is 17.2 Å². The van der Waals surface area contributed by atoms with Gasteiger partial charge in [0.15, 0.2) is 5.69 Å². The highest BCUT2D eigenvalue weighted by molar-refractivity contribution is 5.34. The molecule has 0 bridgehead atoms. The fourth-order valence-electron chi connectivity index (χ4n) is 2.12. The van der Waals surface area contributed by atoms with Gasteiger partial charge in [-0.2, -0.15) is 18.3 Å². The number of benzene rings is 1. The maximum absolute atomic E-state index is 12.4. The first-order valence-electron chi connectivity index (χ1n) is 7.21. The molecule has 0 unspecified atom stereocenters. The smallest absolute Gasteiger partial charge is 0.364 e. The van der Waals surface area contributed by atoms with Gasteiger partial charge in [0.2, 0.25) is 0 Å². The van der Waals surface area contributed by atoms with Crippen LogP contribution in [0.5, 0.6) is 0 Å². The Hall–Kier alpha value is -2.90. The van der Waals surface area contributed by atoms with Crippen LogP contribution in [0.25, 0.3) is 0 Å². The molecule has 3 aromatic rings. The molecule has 0 spiro atoms. The number of alkyl halides is 3. The van der Waals surface area contributed by atoms with Gasteiger partial charge < -0.3 is 5.32 Å². The van der Waals surface area contributed by atoms with Crippen molar-refractivity contribution in [1.82, 2.24) is 20.0 Å². The van der Waals surface area contributed by atoms with E-state index < -0.39 is 11.9 Å². The third-order valence-corrected chi connectivity index (χ3v) is 3.30. The largest absolute Gasteiger partial charge is 0.435 e. The average Bonchev–Trinajstić information content (AvgIpc) is 3.01. The van der Waals surface area contributed by atoms with Crippen LogP contribution in [0.2, 0.25) is 0 Å². The fourth-order valence-corrected chi connectivity index (χ4v) is 2.12. The maximum atomic E-state index is 12.4. The number of hydrogen-bond donors (Lipinski definition) is 1. The van der Waals surface area contributed by atoms with E-state index in [4.69, 9.17) is 0 Å². The van der Waals surface area contributed by atoms with Gasteiger partial charge in [0, 0.05) is 18.3 Å². The molecule has 3 rings (SSSR count). The first kappa shape index (κ1) is 16.0. The van der Waals surface area contributed by atoms with Gasteiger partial charge in [-0.1, -0.05) is 30.3 Å². The van der Waals surface area contributed by atoms with Crippen LogP contribution < -0.4 is 5.32 Å². The van der Waals surface area contributed by atoms with E-state index in [1.165, 1.54) is 6.07 Å². The third kappa shape index (κ3) is 4.09. The van der Waals surface area contributed by atoms with Crippen LogP contribution in [0.15, 0.2) is 54.9 Å². The van der Waals surface area contributed by atoms with Crippen molar-refractivity contribution in [1.29, 1.82) is 0 Å². The van der Waals surface area contributed by atoms with Gasteiger partial charge in [0.05, 0.1) is 12.7 Å². The van der Waals surface area contributed by atoms with Crippen molar-refractivity contribution in [2.75, 3.05) is 5.32 Å². The molecule has 8 heteroatoms. The summed E-state index contributed by atoms with van der Waals surface area (Å²) in [6, 6.07) is 12.1. The first-order chi connectivity index (χ1) is 11.5. The van der Waals surface area contributed by atoms with Crippen molar-refractivity contribution < 1.29 is 13.2 Å². The van der Waals surface area contributed by atoms with Gasteiger partial charge in [-0.05, 0) is 17.7 Å². The molecule has 0 fully saturated rings. The average molecular weight is 333 g/mol. The van der Waals surface area contributed by atoms with Gasteiger partial charge in [-0.15, -0.1) is 10.2 Å². The number of hydrogen-bond acceptors (Lipinski definition) is 4. The Balaban J connectivity index is 1.57.